The van der Waals surface area contributed by atoms with E-state index in [4.69, 9.17) is 0 Å². The van der Waals surface area contributed by atoms with Gasteiger partial charge in [0.05, 0.1) is 4.90 Å². The zero-order valence-corrected chi connectivity index (χ0v) is 21.3. The van der Waals surface area contributed by atoms with E-state index in [-0.39, 0.29) is 10.8 Å². The number of aryl methyl sites for hydroxylation is 2. The van der Waals surface area contributed by atoms with Gasteiger partial charge in [-0.3, -0.25) is 4.79 Å². The zero-order chi connectivity index (χ0) is 25.4. The van der Waals surface area contributed by atoms with Crippen LogP contribution in [0.1, 0.15) is 37.5 Å². The fourth-order valence-corrected chi connectivity index (χ4v) is 5.23. The number of rotatable bonds is 7. The molecule has 0 aliphatic carbocycles. The van der Waals surface area contributed by atoms with Crippen molar-refractivity contribution < 1.29 is 13.2 Å². The fourth-order valence-electron chi connectivity index (χ4n) is 3.92. The van der Waals surface area contributed by atoms with Crippen LogP contribution in [0.2, 0.25) is 0 Å². The summed E-state index contributed by atoms with van der Waals surface area (Å²) in [6.45, 7) is 9.56. The third-order valence-electron chi connectivity index (χ3n) is 5.90. The van der Waals surface area contributed by atoms with Crippen LogP contribution in [0, 0.1) is 19.3 Å². The number of nitrogens with zero attached hydrogens (tertiary/aromatic N) is 2. The molecule has 3 aromatic rings. The number of benzene rings is 2. The van der Waals surface area contributed by atoms with E-state index in [1.54, 1.807) is 38.2 Å². The summed E-state index contributed by atoms with van der Waals surface area (Å²) in [5.41, 5.74) is 4.31. The molecule has 184 valence electrons. The van der Waals surface area contributed by atoms with E-state index in [0.29, 0.717) is 36.0 Å². The quantitative estimate of drug-likeness (QED) is 0.384. The van der Waals surface area contributed by atoms with E-state index in [1.165, 1.54) is 0 Å². The van der Waals surface area contributed by atoms with Crippen LogP contribution in [-0.4, -0.2) is 30.8 Å². The van der Waals surface area contributed by atoms with Crippen LogP contribution in [0.4, 0.5) is 28.8 Å². The third kappa shape index (κ3) is 5.28. The zero-order valence-electron chi connectivity index (χ0n) is 20.5. The molecule has 0 spiro atoms. The second-order valence-electron chi connectivity index (χ2n) is 9.34. The predicted octanol–water partition coefficient (Wildman–Crippen LogP) is 4.40. The Morgan fingerprint density at radius 2 is 1.74 bits per heavy atom. The summed E-state index contributed by atoms with van der Waals surface area (Å²) in [6, 6.07) is 10.9. The van der Waals surface area contributed by atoms with Crippen LogP contribution in [0.5, 0.6) is 0 Å². The first-order valence-corrected chi connectivity index (χ1v) is 12.9. The van der Waals surface area contributed by atoms with Gasteiger partial charge in [0.2, 0.25) is 21.9 Å². The van der Waals surface area contributed by atoms with Crippen LogP contribution >= 0.6 is 0 Å². The fraction of sp³-hybridized carbons (Fsp3) is 0.320. The number of fused-ring (bicyclic) bond motifs is 1. The van der Waals surface area contributed by atoms with Crippen LogP contribution in [0.15, 0.2) is 47.5 Å². The average molecular weight is 495 g/mol. The largest absolute Gasteiger partial charge is 0.340 e. The molecule has 0 saturated heterocycles. The molecule has 10 heteroatoms. The minimum Gasteiger partial charge on any atom is -0.340 e. The van der Waals surface area contributed by atoms with Gasteiger partial charge in [0, 0.05) is 40.8 Å². The lowest BCUT2D eigenvalue weighted by atomic mass is 9.81. The summed E-state index contributed by atoms with van der Waals surface area (Å²) in [5.74, 6) is 0.972. The van der Waals surface area contributed by atoms with E-state index in [0.717, 1.165) is 22.5 Å². The van der Waals surface area contributed by atoms with Crippen molar-refractivity contribution in [1.82, 2.24) is 14.7 Å². The van der Waals surface area contributed by atoms with Crippen LogP contribution in [-0.2, 0) is 21.2 Å². The molecule has 1 aliphatic heterocycles. The molecule has 9 nitrogen and oxygen atoms in total. The van der Waals surface area contributed by atoms with Crippen molar-refractivity contribution in [3.8, 4) is 0 Å². The van der Waals surface area contributed by atoms with Gasteiger partial charge in [-0.05, 0) is 61.7 Å². The second kappa shape index (κ2) is 9.27. The van der Waals surface area contributed by atoms with Gasteiger partial charge in [0.1, 0.15) is 5.82 Å². The van der Waals surface area contributed by atoms with Gasteiger partial charge in [-0.15, -0.1) is 0 Å². The first kappa shape index (κ1) is 24.6. The Labute approximate surface area is 205 Å². The lowest BCUT2D eigenvalue weighted by Gasteiger charge is -2.30. The molecule has 0 bridgehead atoms. The third-order valence-corrected chi connectivity index (χ3v) is 7.59. The van der Waals surface area contributed by atoms with Gasteiger partial charge in [-0.25, -0.2) is 18.1 Å². The first-order valence-electron chi connectivity index (χ1n) is 11.4. The minimum atomic E-state index is -3.60. The van der Waals surface area contributed by atoms with Crippen LogP contribution in [0.3, 0.4) is 0 Å². The molecular weight excluding hydrogens is 464 g/mol. The van der Waals surface area contributed by atoms with Gasteiger partial charge in [-0.1, -0.05) is 26.8 Å². The number of carbonyl (C=O) groups is 1. The summed E-state index contributed by atoms with van der Waals surface area (Å²) in [5, 5.41) is 9.41. The molecule has 2 aromatic carbocycles. The highest BCUT2D eigenvalue weighted by molar-refractivity contribution is 7.89. The lowest BCUT2D eigenvalue weighted by molar-refractivity contribution is -0.124. The molecule has 0 saturated carbocycles. The predicted molar refractivity (Wildman–Crippen MR) is 138 cm³/mol. The second-order valence-corrected chi connectivity index (χ2v) is 11.1. The Hall–Kier alpha value is -3.50. The summed E-state index contributed by atoms with van der Waals surface area (Å²) in [7, 11) is -3.60. The smallest absolute Gasteiger partial charge is 0.240 e. The van der Waals surface area contributed by atoms with Gasteiger partial charge in [-0.2, -0.15) is 4.98 Å². The summed E-state index contributed by atoms with van der Waals surface area (Å²) in [6.07, 6.45) is 2.34. The highest BCUT2D eigenvalue weighted by atomic mass is 32.2. The number of carbonyl (C=O) groups excluding carboxylic acids is 1. The van der Waals surface area contributed by atoms with Crippen molar-refractivity contribution in [3.05, 3.63) is 59.3 Å². The number of nitrogens with one attached hydrogen (secondary N) is 4. The van der Waals surface area contributed by atoms with Crippen LogP contribution < -0.4 is 20.7 Å². The summed E-state index contributed by atoms with van der Waals surface area (Å²) in [4.78, 5) is 21.4. The van der Waals surface area contributed by atoms with Crippen molar-refractivity contribution in [3.63, 3.8) is 0 Å². The number of hydrogen-bond donors (Lipinski definition) is 4. The van der Waals surface area contributed by atoms with E-state index in [2.05, 4.69) is 30.6 Å². The molecule has 0 unspecified atom stereocenters. The molecule has 0 radical (unpaired) electrons. The van der Waals surface area contributed by atoms with Gasteiger partial charge in [0.25, 0.3) is 0 Å². The van der Waals surface area contributed by atoms with Crippen molar-refractivity contribution in [2.75, 3.05) is 22.5 Å². The molecule has 4 N–H and O–H groups in total. The maximum absolute atomic E-state index is 12.5. The van der Waals surface area contributed by atoms with Gasteiger partial charge >= 0.3 is 0 Å². The Bertz CT molecular complexity index is 1400. The topological polar surface area (TPSA) is 125 Å². The normalized spacial score (nSPS) is 14.7. The monoisotopic (exact) mass is 494 g/mol. The van der Waals surface area contributed by atoms with E-state index < -0.39 is 15.4 Å². The van der Waals surface area contributed by atoms with Gasteiger partial charge < -0.3 is 16.0 Å². The first-order chi connectivity index (χ1) is 16.5. The lowest BCUT2D eigenvalue weighted by Crippen LogP contribution is -2.37. The Kier molecular flexibility index (Phi) is 6.52. The number of hydrogen-bond acceptors (Lipinski definition) is 7. The highest BCUT2D eigenvalue weighted by Crippen LogP contribution is 2.35. The van der Waals surface area contributed by atoms with Crippen molar-refractivity contribution in [2.45, 2.75) is 45.9 Å². The van der Waals surface area contributed by atoms with Gasteiger partial charge in [0.15, 0.2) is 0 Å². The molecule has 1 aromatic heterocycles. The minimum absolute atomic E-state index is 0.0191. The SMILES string of the molecule is CCNS(=O)(=O)c1cc(Nc2ncc(C)c(Nc3ccc4c(c3)CC(C)(C)C(=O)N4)n2)ccc1C. The maximum atomic E-state index is 12.5. The number of aromatic nitrogens is 2. The van der Waals surface area contributed by atoms with Crippen molar-refractivity contribution in [1.29, 1.82) is 0 Å². The molecule has 0 atom stereocenters. The number of anilines is 5. The van der Waals surface area contributed by atoms with Crippen LogP contribution in [0.25, 0.3) is 0 Å². The van der Waals surface area contributed by atoms with E-state index in [9.17, 15) is 13.2 Å². The molecule has 2 heterocycles. The molecule has 1 aliphatic rings. The van der Waals surface area contributed by atoms with E-state index >= 15 is 0 Å². The molecule has 4 rings (SSSR count). The number of amides is 1. The van der Waals surface area contributed by atoms with Crippen molar-refractivity contribution in [2.24, 2.45) is 5.41 Å². The average Bonchev–Trinajstić information content (AvgIpc) is 2.78. The Morgan fingerprint density at radius 1 is 1.03 bits per heavy atom. The molecule has 1 amide bonds. The molecule has 0 fully saturated rings. The standard InChI is InChI=1S/C25H30N6O3S/c1-6-27-35(33,34)21-12-19(8-7-15(21)2)29-24-26-14-16(3)22(31-24)28-18-9-10-20-17(11-18)13-25(4,5)23(32)30-20/h7-12,14,27H,6,13H2,1-5H3,(H,30,32)(H2,26,28,29,31). The van der Waals surface area contributed by atoms with E-state index in [1.807, 2.05) is 39.0 Å². The number of sulfonamides is 1. The summed E-state index contributed by atoms with van der Waals surface area (Å²) < 4.78 is 27.6. The Balaban J connectivity index is 1.58. The Morgan fingerprint density at radius 3 is 2.49 bits per heavy atom. The maximum Gasteiger partial charge on any atom is 0.240 e. The molecule has 35 heavy (non-hydrogen) atoms. The molecular formula is C25H30N6O3S. The highest BCUT2D eigenvalue weighted by Gasteiger charge is 2.33. The van der Waals surface area contributed by atoms with Crippen molar-refractivity contribution >= 4 is 44.8 Å². The summed E-state index contributed by atoms with van der Waals surface area (Å²) >= 11 is 0.